The first-order valence-electron chi connectivity index (χ1n) is 3.62. The van der Waals surface area contributed by atoms with Crippen molar-refractivity contribution in [3.63, 3.8) is 0 Å². The van der Waals surface area contributed by atoms with E-state index in [1.54, 1.807) is 0 Å². The Morgan fingerprint density at radius 3 is 1.18 bits per heavy atom. The Morgan fingerprint density at radius 1 is 1.09 bits per heavy atom. The Bertz CT molecular complexity index is 48.3. The van der Waals surface area contributed by atoms with E-state index in [4.69, 9.17) is 0 Å². The molecule has 0 aromatic heterocycles. The molecular formula is C8H23CsFN. The largest absolute Gasteiger partial charge is 1.00 e. The van der Waals surface area contributed by atoms with Crippen LogP contribution in [0.15, 0.2) is 0 Å². The molecule has 11 heavy (non-hydrogen) atoms. The van der Waals surface area contributed by atoms with Crippen LogP contribution in [0.1, 0.15) is 36.0 Å². The van der Waals surface area contributed by atoms with Gasteiger partial charge in [0, 0.05) is 0 Å². The predicted octanol–water partition coefficient (Wildman–Crippen LogP) is 0.553. The first kappa shape index (κ1) is 23.1. The SMILES string of the molecule is CC(C)C(C)C.CCF.N.[Cs+].[H-]. The average Bonchev–Trinajstić information content (AvgIpc) is 1.68. The summed E-state index contributed by atoms with van der Waals surface area (Å²) in [6.45, 7) is 10.2. The monoisotopic (exact) mass is 285 g/mol. The molecule has 0 aromatic rings. The molecule has 0 bridgehead atoms. The van der Waals surface area contributed by atoms with E-state index in [1.807, 2.05) is 0 Å². The standard InChI is InChI=1S/C6H14.C2H5F.Cs.H3N.H/c1-5(2)6(3)4;1-2-3;;;/h5-6H,1-4H3;2H2,1H3;;1H3;/q;;+1;;-1. The zero-order valence-electron chi connectivity index (χ0n) is 9.95. The van der Waals surface area contributed by atoms with Gasteiger partial charge in [0.1, 0.15) is 0 Å². The first-order chi connectivity index (χ1) is 4.06. The van der Waals surface area contributed by atoms with Gasteiger partial charge in [-0.1, -0.05) is 27.7 Å². The number of rotatable bonds is 1. The Balaban J connectivity index is -0.0000000246. The van der Waals surface area contributed by atoms with Crippen LogP contribution in [-0.4, -0.2) is 6.67 Å². The second-order valence-corrected chi connectivity index (χ2v) is 2.76. The molecule has 3 N–H and O–H groups in total. The first-order valence-corrected chi connectivity index (χ1v) is 3.62. The average molecular weight is 285 g/mol. The van der Waals surface area contributed by atoms with Crippen LogP contribution in [0.25, 0.3) is 0 Å². The van der Waals surface area contributed by atoms with Crippen LogP contribution < -0.4 is 75.0 Å². The Morgan fingerprint density at radius 2 is 1.18 bits per heavy atom. The molecule has 0 atom stereocenters. The van der Waals surface area contributed by atoms with Crippen LogP contribution in [0.3, 0.4) is 0 Å². The molecule has 0 heterocycles. The van der Waals surface area contributed by atoms with Gasteiger partial charge in [-0.25, -0.2) is 0 Å². The van der Waals surface area contributed by atoms with Gasteiger partial charge < -0.3 is 7.58 Å². The molecule has 0 saturated carbocycles. The van der Waals surface area contributed by atoms with Crippen molar-refractivity contribution in [1.82, 2.24) is 6.15 Å². The van der Waals surface area contributed by atoms with E-state index in [0.29, 0.717) is 0 Å². The smallest absolute Gasteiger partial charge is 1.00 e. The van der Waals surface area contributed by atoms with Gasteiger partial charge in [0.2, 0.25) is 0 Å². The van der Waals surface area contributed by atoms with E-state index < -0.39 is 0 Å². The maximum absolute atomic E-state index is 10.3. The maximum Gasteiger partial charge on any atom is 1.00 e. The van der Waals surface area contributed by atoms with E-state index >= 15 is 0 Å². The zero-order chi connectivity index (χ0) is 7.86. The molecule has 0 fully saturated rings. The van der Waals surface area contributed by atoms with Gasteiger partial charge in [0.05, 0.1) is 6.67 Å². The topological polar surface area (TPSA) is 35.0 Å². The van der Waals surface area contributed by atoms with Gasteiger partial charge in [-0.3, -0.25) is 4.39 Å². The van der Waals surface area contributed by atoms with Crippen LogP contribution in [0, 0.1) is 11.8 Å². The summed E-state index contributed by atoms with van der Waals surface area (Å²) < 4.78 is 10.3. The minimum atomic E-state index is -0.250. The van der Waals surface area contributed by atoms with E-state index in [9.17, 15) is 4.39 Å². The molecule has 0 radical (unpaired) electrons. The molecule has 1 nitrogen and oxygen atoms in total. The van der Waals surface area contributed by atoms with Crippen molar-refractivity contribution in [3.05, 3.63) is 0 Å². The summed E-state index contributed by atoms with van der Waals surface area (Å²) in [6.07, 6.45) is 0. The maximum atomic E-state index is 10.3. The van der Waals surface area contributed by atoms with Crippen LogP contribution >= 0.6 is 0 Å². The predicted molar refractivity (Wildman–Crippen MR) is 47.5 cm³/mol. The van der Waals surface area contributed by atoms with Crippen molar-refractivity contribution in [2.45, 2.75) is 34.6 Å². The molecule has 3 heteroatoms. The van der Waals surface area contributed by atoms with E-state index in [-0.39, 0.29) is 83.1 Å². The van der Waals surface area contributed by atoms with E-state index in [2.05, 4.69) is 27.7 Å². The molecule has 0 aliphatic rings. The van der Waals surface area contributed by atoms with Gasteiger partial charge in [-0.15, -0.1) is 0 Å². The van der Waals surface area contributed by atoms with Crippen LogP contribution in [0.4, 0.5) is 4.39 Å². The molecule has 0 saturated heterocycles. The van der Waals surface area contributed by atoms with E-state index in [1.165, 1.54) is 6.92 Å². The molecule has 0 rings (SSSR count). The summed E-state index contributed by atoms with van der Waals surface area (Å²) in [7, 11) is 0. The summed E-state index contributed by atoms with van der Waals surface area (Å²) in [5, 5.41) is 0. The minimum absolute atomic E-state index is 0. The van der Waals surface area contributed by atoms with Crippen molar-refractivity contribution in [2.75, 3.05) is 6.67 Å². The summed E-state index contributed by atoms with van der Waals surface area (Å²) in [4.78, 5) is 0. The van der Waals surface area contributed by atoms with Crippen molar-refractivity contribution < 1.29 is 74.7 Å². The number of alkyl halides is 1. The zero-order valence-corrected chi connectivity index (χ0v) is 15.2. The Labute approximate surface area is 131 Å². The molecule has 68 valence electrons. The fourth-order valence-corrected chi connectivity index (χ4v) is 0. The van der Waals surface area contributed by atoms with Crippen molar-refractivity contribution >= 4 is 0 Å². The number of halogens is 1. The fraction of sp³-hybridized carbons (Fsp3) is 1.00. The molecule has 0 aliphatic carbocycles. The molecule has 0 aliphatic heterocycles. The third-order valence-corrected chi connectivity index (χ3v) is 1.33. The molecule has 0 amide bonds. The van der Waals surface area contributed by atoms with Gasteiger partial charge in [0.15, 0.2) is 0 Å². The third kappa shape index (κ3) is 33.4. The second-order valence-electron chi connectivity index (χ2n) is 2.76. The van der Waals surface area contributed by atoms with Crippen molar-refractivity contribution in [2.24, 2.45) is 11.8 Å². The Kier molecular flexibility index (Phi) is 37.5. The van der Waals surface area contributed by atoms with Gasteiger partial charge in [0.25, 0.3) is 0 Å². The summed E-state index contributed by atoms with van der Waals surface area (Å²) in [5.74, 6) is 1.70. The molecule has 0 spiro atoms. The van der Waals surface area contributed by atoms with Crippen molar-refractivity contribution in [1.29, 1.82) is 0 Å². The molecular weight excluding hydrogens is 262 g/mol. The third-order valence-electron chi connectivity index (χ3n) is 1.33. The molecule has 0 aromatic carbocycles. The van der Waals surface area contributed by atoms with Crippen molar-refractivity contribution in [3.8, 4) is 0 Å². The fourth-order valence-electron chi connectivity index (χ4n) is 0. The van der Waals surface area contributed by atoms with Crippen LogP contribution in [0.2, 0.25) is 0 Å². The van der Waals surface area contributed by atoms with Gasteiger partial charge >= 0.3 is 68.9 Å². The van der Waals surface area contributed by atoms with Crippen LogP contribution in [0.5, 0.6) is 0 Å². The summed E-state index contributed by atoms with van der Waals surface area (Å²) in [5.41, 5.74) is 0. The summed E-state index contributed by atoms with van der Waals surface area (Å²) >= 11 is 0. The minimum Gasteiger partial charge on any atom is -1.00 e. The Hall–Kier alpha value is 1.94. The van der Waals surface area contributed by atoms with Gasteiger partial charge in [-0.2, -0.15) is 0 Å². The van der Waals surface area contributed by atoms with E-state index in [0.717, 1.165) is 11.8 Å². The number of hydrogen-bond donors (Lipinski definition) is 1. The normalized spacial score (nSPS) is 7.64. The molecule has 0 unspecified atom stereocenters. The number of hydrogen-bond acceptors (Lipinski definition) is 1. The second kappa shape index (κ2) is 17.9. The van der Waals surface area contributed by atoms with Gasteiger partial charge in [-0.05, 0) is 18.8 Å². The summed E-state index contributed by atoms with van der Waals surface area (Å²) in [6, 6.07) is 0. The van der Waals surface area contributed by atoms with Crippen LogP contribution in [-0.2, 0) is 0 Å². The quantitative estimate of drug-likeness (QED) is 0.750.